The Morgan fingerprint density at radius 1 is 1.50 bits per heavy atom. The third-order valence-electron chi connectivity index (χ3n) is 2.21. The zero-order valence-corrected chi connectivity index (χ0v) is 7.47. The number of aromatic nitrogens is 1. The van der Waals surface area contributed by atoms with E-state index < -0.39 is 11.8 Å². The van der Waals surface area contributed by atoms with Gasteiger partial charge in [-0.15, -0.1) is 0 Å². The van der Waals surface area contributed by atoms with Crippen molar-refractivity contribution >= 4 is 16.9 Å². The molecule has 3 nitrogen and oxygen atoms in total. The molecule has 0 aliphatic heterocycles. The van der Waals surface area contributed by atoms with Gasteiger partial charge in [0.25, 0.3) is 0 Å². The lowest BCUT2D eigenvalue weighted by molar-refractivity contribution is 0.0699. The van der Waals surface area contributed by atoms with Gasteiger partial charge in [0.05, 0.1) is 11.1 Å². The summed E-state index contributed by atoms with van der Waals surface area (Å²) >= 11 is 0. The smallest absolute Gasteiger partial charge is 0.336 e. The molecular weight excluding hydrogens is 185 g/mol. The monoisotopic (exact) mass is 193 g/mol. The van der Waals surface area contributed by atoms with E-state index >= 15 is 0 Å². The van der Waals surface area contributed by atoms with Crippen LogP contribution in [0.15, 0.2) is 18.3 Å². The fourth-order valence-electron chi connectivity index (χ4n) is 1.56. The quantitative estimate of drug-likeness (QED) is 0.730. The van der Waals surface area contributed by atoms with Crippen molar-refractivity contribution in [2.75, 3.05) is 0 Å². The molecule has 0 saturated heterocycles. The van der Waals surface area contributed by atoms with Crippen molar-refractivity contribution in [1.82, 2.24) is 4.98 Å². The van der Waals surface area contributed by atoms with Gasteiger partial charge in [0.15, 0.2) is 0 Å². The van der Waals surface area contributed by atoms with Gasteiger partial charge in [0, 0.05) is 11.6 Å². The molecule has 0 amide bonds. The summed E-state index contributed by atoms with van der Waals surface area (Å²) in [4.78, 5) is 13.6. The first kappa shape index (κ1) is 8.74. The number of aromatic carboxylic acids is 1. The minimum absolute atomic E-state index is 0.125. The van der Waals surface area contributed by atoms with Crippen LogP contribution in [0.4, 0.5) is 4.39 Å². The molecule has 1 aromatic carbocycles. The van der Waals surface area contributed by atoms with Crippen LogP contribution in [-0.2, 0) is 0 Å². The highest BCUT2D eigenvalue weighted by atomic mass is 19.1. The molecule has 2 rings (SSSR count). The fraction of sp³-hybridized carbons (Fsp3) is 0.100. The second-order valence-electron chi connectivity index (χ2n) is 3.12. The van der Waals surface area contributed by atoms with Crippen molar-refractivity contribution < 1.29 is 14.3 Å². The van der Waals surface area contributed by atoms with Crippen LogP contribution in [0.1, 0.15) is 15.9 Å². The second kappa shape index (κ2) is 2.83. The molecular formula is C10H8FNO2. The number of hydrogen-bond donors (Lipinski definition) is 2. The van der Waals surface area contributed by atoms with Gasteiger partial charge >= 0.3 is 5.97 Å². The normalized spacial score (nSPS) is 10.7. The molecule has 1 heterocycles. The SMILES string of the molecule is Cc1c[nH]c2c(F)ccc(C(=O)O)c12. The van der Waals surface area contributed by atoms with E-state index in [9.17, 15) is 9.18 Å². The van der Waals surface area contributed by atoms with Gasteiger partial charge in [0.2, 0.25) is 0 Å². The molecule has 4 heteroatoms. The zero-order chi connectivity index (χ0) is 10.3. The van der Waals surface area contributed by atoms with Gasteiger partial charge < -0.3 is 10.1 Å². The summed E-state index contributed by atoms with van der Waals surface area (Å²) in [7, 11) is 0. The number of carboxylic acid groups (broad SMARTS) is 1. The highest BCUT2D eigenvalue weighted by Crippen LogP contribution is 2.24. The Hall–Kier alpha value is -1.84. The summed E-state index contributed by atoms with van der Waals surface area (Å²) < 4.78 is 13.2. The van der Waals surface area contributed by atoms with Gasteiger partial charge in [-0.25, -0.2) is 9.18 Å². The first-order chi connectivity index (χ1) is 6.61. The third kappa shape index (κ3) is 1.08. The average molecular weight is 193 g/mol. The van der Waals surface area contributed by atoms with E-state index in [0.29, 0.717) is 5.39 Å². The summed E-state index contributed by atoms with van der Waals surface area (Å²) in [5, 5.41) is 9.32. The first-order valence-corrected chi connectivity index (χ1v) is 4.10. The Kier molecular flexibility index (Phi) is 1.77. The van der Waals surface area contributed by atoms with Crippen LogP contribution in [0, 0.1) is 12.7 Å². The maximum absolute atomic E-state index is 13.2. The predicted molar refractivity (Wildman–Crippen MR) is 50.0 cm³/mol. The minimum atomic E-state index is -1.04. The van der Waals surface area contributed by atoms with Crippen LogP contribution >= 0.6 is 0 Å². The molecule has 0 aliphatic carbocycles. The van der Waals surface area contributed by atoms with Crippen LogP contribution in [0.2, 0.25) is 0 Å². The summed E-state index contributed by atoms with van der Waals surface area (Å²) in [6.07, 6.45) is 1.60. The second-order valence-corrected chi connectivity index (χ2v) is 3.12. The molecule has 0 saturated carbocycles. The summed E-state index contributed by atoms with van der Waals surface area (Å²) in [6, 6.07) is 2.43. The molecule has 0 fully saturated rings. The molecule has 0 spiro atoms. The lowest BCUT2D eigenvalue weighted by Gasteiger charge is -1.99. The number of aromatic amines is 1. The standard InChI is InChI=1S/C10H8FNO2/c1-5-4-12-9-7(11)3-2-6(8(5)9)10(13)14/h2-4,12H,1H3,(H,13,14). The number of halogens is 1. The molecule has 0 bridgehead atoms. The van der Waals surface area contributed by atoms with E-state index in [1.165, 1.54) is 6.07 Å². The van der Waals surface area contributed by atoms with Crippen molar-refractivity contribution in [1.29, 1.82) is 0 Å². The number of H-pyrrole nitrogens is 1. The zero-order valence-electron chi connectivity index (χ0n) is 7.47. The van der Waals surface area contributed by atoms with Gasteiger partial charge in [-0.3, -0.25) is 0 Å². The number of benzene rings is 1. The fourth-order valence-corrected chi connectivity index (χ4v) is 1.56. The van der Waals surface area contributed by atoms with Crippen molar-refractivity contribution in [3.8, 4) is 0 Å². The summed E-state index contributed by atoms with van der Waals surface area (Å²) in [5.41, 5.74) is 1.11. The molecule has 72 valence electrons. The summed E-state index contributed by atoms with van der Waals surface area (Å²) in [6.45, 7) is 1.74. The van der Waals surface area contributed by atoms with Gasteiger partial charge in [0.1, 0.15) is 5.82 Å². The predicted octanol–water partition coefficient (Wildman–Crippen LogP) is 2.31. The van der Waals surface area contributed by atoms with Crippen LogP contribution in [-0.4, -0.2) is 16.1 Å². The Balaban J connectivity index is 2.92. The third-order valence-corrected chi connectivity index (χ3v) is 2.21. The Morgan fingerprint density at radius 3 is 2.86 bits per heavy atom. The van der Waals surface area contributed by atoms with Gasteiger partial charge in [-0.1, -0.05) is 0 Å². The van der Waals surface area contributed by atoms with Gasteiger partial charge in [-0.05, 0) is 24.6 Å². The molecule has 2 N–H and O–H groups in total. The van der Waals surface area contributed by atoms with E-state index in [1.807, 2.05) is 0 Å². The maximum Gasteiger partial charge on any atom is 0.336 e. The lowest BCUT2D eigenvalue weighted by atomic mass is 10.1. The Bertz CT molecular complexity index is 516. The molecule has 0 unspecified atom stereocenters. The molecule has 0 aliphatic rings. The van der Waals surface area contributed by atoms with E-state index in [4.69, 9.17) is 5.11 Å². The van der Waals surface area contributed by atoms with Crippen molar-refractivity contribution in [3.05, 3.63) is 35.3 Å². The number of hydrogen-bond acceptors (Lipinski definition) is 1. The van der Waals surface area contributed by atoms with Crippen molar-refractivity contribution in [2.24, 2.45) is 0 Å². The van der Waals surface area contributed by atoms with E-state index in [-0.39, 0.29) is 11.1 Å². The molecule has 1 aromatic heterocycles. The largest absolute Gasteiger partial charge is 0.478 e. The van der Waals surface area contributed by atoms with Gasteiger partial charge in [-0.2, -0.15) is 0 Å². The number of carbonyl (C=O) groups is 1. The molecule has 2 aromatic rings. The lowest BCUT2D eigenvalue weighted by Crippen LogP contribution is -1.98. The van der Waals surface area contributed by atoms with Crippen LogP contribution in [0.25, 0.3) is 10.9 Å². The first-order valence-electron chi connectivity index (χ1n) is 4.10. The van der Waals surface area contributed by atoms with E-state index in [0.717, 1.165) is 11.6 Å². The van der Waals surface area contributed by atoms with Crippen LogP contribution in [0.5, 0.6) is 0 Å². The average Bonchev–Trinajstić information content (AvgIpc) is 2.50. The topological polar surface area (TPSA) is 53.1 Å². The van der Waals surface area contributed by atoms with Crippen LogP contribution < -0.4 is 0 Å². The minimum Gasteiger partial charge on any atom is -0.478 e. The highest BCUT2D eigenvalue weighted by Gasteiger charge is 2.14. The summed E-state index contributed by atoms with van der Waals surface area (Å²) in [5.74, 6) is -1.48. The number of nitrogens with one attached hydrogen (secondary N) is 1. The number of fused-ring (bicyclic) bond motifs is 1. The number of carboxylic acids is 1. The van der Waals surface area contributed by atoms with Crippen molar-refractivity contribution in [2.45, 2.75) is 6.92 Å². The molecule has 0 atom stereocenters. The van der Waals surface area contributed by atoms with Crippen molar-refractivity contribution in [3.63, 3.8) is 0 Å². The van der Waals surface area contributed by atoms with Crippen LogP contribution in [0.3, 0.4) is 0 Å². The number of aryl methyl sites for hydroxylation is 1. The Morgan fingerprint density at radius 2 is 2.21 bits per heavy atom. The van der Waals surface area contributed by atoms with E-state index in [2.05, 4.69) is 4.98 Å². The molecule has 0 radical (unpaired) electrons. The molecule has 14 heavy (non-hydrogen) atoms. The number of rotatable bonds is 1. The Labute approximate surface area is 79.2 Å². The highest BCUT2D eigenvalue weighted by molar-refractivity contribution is 6.04. The van der Waals surface area contributed by atoms with E-state index in [1.54, 1.807) is 13.1 Å². The maximum atomic E-state index is 13.2.